The fraction of sp³-hybridized carbons (Fsp3) is 0.533. The maximum Gasteiger partial charge on any atom is 0.266 e. The normalized spacial score (nSPS) is 22.4. The third kappa shape index (κ3) is 2.40. The maximum absolute atomic E-state index is 12.3. The molecule has 2 aliphatic heterocycles. The van der Waals surface area contributed by atoms with E-state index in [0.717, 1.165) is 24.5 Å². The van der Waals surface area contributed by atoms with Gasteiger partial charge in [-0.25, -0.2) is 0 Å². The van der Waals surface area contributed by atoms with E-state index in [1.807, 2.05) is 23.1 Å². The van der Waals surface area contributed by atoms with Crippen LogP contribution in [0.5, 0.6) is 0 Å². The zero-order valence-electron chi connectivity index (χ0n) is 11.8. The van der Waals surface area contributed by atoms with Crippen molar-refractivity contribution in [3.8, 4) is 0 Å². The number of amides is 1. The molecule has 20 heavy (non-hydrogen) atoms. The lowest BCUT2D eigenvalue weighted by Crippen LogP contribution is -2.52. The van der Waals surface area contributed by atoms with E-state index in [9.17, 15) is 4.79 Å². The van der Waals surface area contributed by atoms with Crippen molar-refractivity contribution < 1.29 is 9.63 Å². The average Bonchev–Trinajstić information content (AvgIpc) is 2.88. The lowest BCUT2D eigenvalue weighted by Gasteiger charge is -2.39. The fourth-order valence-corrected chi connectivity index (χ4v) is 2.54. The number of likely N-dealkylation sites (tertiary alicyclic amines) is 1. The summed E-state index contributed by atoms with van der Waals surface area (Å²) in [4.78, 5) is 23.7. The van der Waals surface area contributed by atoms with Crippen LogP contribution in [0.4, 0.5) is 0 Å². The molecule has 0 aromatic carbocycles. The molecule has 0 saturated carbocycles. The first-order valence-electron chi connectivity index (χ1n) is 7.07. The Morgan fingerprint density at radius 3 is 2.80 bits per heavy atom. The Kier molecular flexibility index (Phi) is 3.42. The summed E-state index contributed by atoms with van der Waals surface area (Å²) < 4.78 is 0. The van der Waals surface area contributed by atoms with Crippen LogP contribution in [-0.2, 0) is 9.63 Å². The minimum atomic E-state index is -0.419. The molecular formula is C15H19N3O2. The SMILES string of the molecule is CC(C)C1=NOC(C(=O)N2CC(c3ccccn3)C2)C1. The molecule has 3 heterocycles. The Hall–Kier alpha value is -1.91. The van der Waals surface area contributed by atoms with Gasteiger partial charge in [0.05, 0.1) is 5.71 Å². The van der Waals surface area contributed by atoms with E-state index in [0.29, 0.717) is 18.3 Å². The molecule has 1 aromatic rings. The van der Waals surface area contributed by atoms with Crippen LogP contribution in [0.2, 0.25) is 0 Å². The van der Waals surface area contributed by atoms with Gasteiger partial charge in [0.25, 0.3) is 5.91 Å². The highest BCUT2D eigenvalue weighted by atomic mass is 16.6. The highest BCUT2D eigenvalue weighted by Crippen LogP contribution is 2.28. The number of rotatable bonds is 3. The third-order valence-corrected chi connectivity index (χ3v) is 3.93. The van der Waals surface area contributed by atoms with Gasteiger partial charge >= 0.3 is 0 Å². The molecule has 5 heteroatoms. The van der Waals surface area contributed by atoms with Crippen LogP contribution in [0.1, 0.15) is 31.9 Å². The summed E-state index contributed by atoms with van der Waals surface area (Å²) >= 11 is 0. The molecule has 3 rings (SSSR count). The highest BCUT2D eigenvalue weighted by molar-refractivity contribution is 5.94. The Labute approximate surface area is 118 Å². The predicted octanol–water partition coefficient (Wildman–Crippen LogP) is 1.81. The van der Waals surface area contributed by atoms with E-state index in [2.05, 4.69) is 24.0 Å². The largest absolute Gasteiger partial charge is 0.382 e. The Bertz CT molecular complexity index is 521. The monoisotopic (exact) mass is 273 g/mol. The summed E-state index contributed by atoms with van der Waals surface area (Å²) in [5.41, 5.74) is 2.04. The molecule has 1 atom stereocenters. The van der Waals surface area contributed by atoms with E-state index >= 15 is 0 Å². The second-order valence-corrected chi connectivity index (χ2v) is 5.73. The van der Waals surface area contributed by atoms with Gasteiger partial charge in [-0.15, -0.1) is 0 Å². The molecule has 5 nitrogen and oxygen atoms in total. The van der Waals surface area contributed by atoms with Crippen LogP contribution in [0.25, 0.3) is 0 Å². The van der Waals surface area contributed by atoms with Crippen molar-refractivity contribution in [3.63, 3.8) is 0 Å². The highest BCUT2D eigenvalue weighted by Gasteiger charge is 2.39. The molecule has 2 aliphatic rings. The summed E-state index contributed by atoms with van der Waals surface area (Å²) in [7, 11) is 0. The number of oxime groups is 1. The summed E-state index contributed by atoms with van der Waals surface area (Å²) in [5.74, 6) is 0.745. The van der Waals surface area contributed by atoms with Crippen molar-refractivity contribution in [3.05, 3.63) is 30.1 Å². The number of aromatic nitrogens is 1. The average molecular weight is 273 g/mol. The molecule has 1 unspecified atom stereocenters. The zero-order valence-corrected chi connectivity index (χ0v) is 11.8. The predicted molar refractivity (Wildman–Crippen MR) is 75.3 cm³/mol. The number of carbonyl (C=O) groups excluding carboxylic acids is 1. The summed E-state index contributed by atoms with van der Waals surface area (Å²) in [5, 5.41) is 4.01. The van der Waals surface area contributed by atoms with Gasteiger partial charge in [-0.2, -0.15) is 0 Å². The van der Waals surface area contributed by atoms with Crippen molar-refractivity contribution >= 4 is 11.6 Å². The second kappa shape index (κ2) is 5.23. The molecule has 106 valence electrons. The smallest absolute Gasteiger partial charge is 0.266 e. The van der Waals surface area contributed by atoms with Gasteiger partial charge in [0.15, 0.2) is 0 Å². The van der Waals surface area contributed by atoms with E-state index in [4.69, 9.17) is 4.84 Å². The van der Waals surface area contributed by atoms with Gasteiger partial charge in [-0.3, -0.25) is 9.78 Å². The molecule has 0 radical (unpaired) electrons. The van der Waals surface area contributed by atoms with Gasteiger partial charge < -0.3 is 9.74 Å². The Morgan fingerprint density at radius 2 is 2.20 bits per heavy atom. The third-order valence-electron chi connectivity index (χ3n) is 3.93. The first-order chi connectivity index (χ1) is 9.65. The van der Waals surface area contributed by atoms with Crippen molar-refractivity contribution in [2.45, 2.75) is 32.3 Å². The van der Waals surface area contributed by atoms with Crippen molar-refractivity contribution in [2.24, 2.45) is 11.1 Å². The molecular weight excluding hydrogens is 254 g/mol. The minimum Gasteiger partial charge on any atom is -0.382 e. The van der Waals surface area contributed by atoms with E-state index in [-0.39, 0.29) is 5.91 Å². The molecule has 1 fully saturated rings. The standard InChI is InChI=1S/C15H19N3O2/c1-10(2)13-7-14(20-17-13)15(19)18-8-11(9-18)12-5-3-4-6-16-12/h3-6,10-11,14H,7-9H2,1-2H3. The van der Waals surface area contributed by atoms with Crippen molar-refractivity contribution in [1.29, 1.82) is 0 Å². The van der Waals surface area contributed by atoms with Crippen LogP contribution in [-0.4, -0.2) is 40.7 Å². The molecule has 0 bridgehead atoms. The van der Waals surface area contributed by atoms with Gasteiger partial charge in [-0.1, -0.05) is 25.1 Å². The zero-order chi connectivity index (χ0) is 14.1. The van der Waals surface area contributed by atoms with Crippen molar-refractivity contribution in [2.75, 3.05) is 13.1 Å². The topological polar surface area (TPSA) is 54.8 Å². The van der Waals surface area contributed by atoms with Gasteiger partial charge in [0, 0.05) is 37.3 Å². The first kappa shape index (κ1) is 13.1. The number of hydrogen-bond donors (Lipinski definition) is 0. The van der Waals surface area contributed by atoms with Crippen molar-refractivity contribution in [1.82, 2.24) is 9.88 Å². The van der Waals surface area contributed by atoms with Gasteiger partial charge in [0.1, 0.15) is 0 Å². The molecule has 1 aromatic heterocycles. The van der Waals surface area contributed by atoms with Crippen LogP contribution < -0.4 is 0 Å². The van der Waals surface area contributed by atoms with E-state index in [1.54, 1.807) is 6.20 Å². The minimum absolute atomic E-state index is 0.0524. The first-order valence-corrected chi connectivity index (χ1v) is 7.07. The second-order valence-electron chi connectivity index (χ2n) is 5.73. The van der Waals surface area contributed by atoms with Crippen LogP contribution in [0.15, 0.2) is 29.6 Å². The number of hydrogen-bond acceptors (Lipinski definition) is 4. The fourth-order valence-electron chi connectivity index (χ4n) is 2.54. The molecule has 0 N–H and O–H groups in total. The molecule has 0 aliphatic carbocycles. The molecule has 1 saturated heterocycles. The number of nitrogens with zero attached hydrogens (tertiary/aromatic N) is 3. The Morgan fingerprint density at radius 1 is 1.40 bits per heavy atom. The lowest BCUT2D eigenvalue weighted by atomic mass is 9.94. The number of pyridine rings is 1. The van der Waals surface area contributed by atoms with Gasteiger partial charge in [-0.05, 0) is 18.1 Å². The van der Waals surface area contributed by atoms with E-state index in [1.165, 1.54) is 0 Å². The molecule has 1 amide bonds. The summed E-state index contributed by atoms with van der Waals surface area (Å²) in [6, 6.07) is 5.90. The summed E-state index contributed by atoms with van der Waals surface area (Å²) in [6.45, 7) is 5.59. The lowest BCUT2D eigenvalue weighted by molar-refractivity contribution is -0.146. The van der Waals surface area contributed by atoms with E-state index < -0.39 is 6.10 Å². The quantitative estimate of drug-likeness (QED) is 0.844. The van der Waals surface area contributed by atoms with Gasteiger partial charge in [0.2, 0.25) is 6.10 Å². The Balaban J connectivity index is 1.52. The van der Waals surface area contributed by atoms with Crippen LogP contribution in [0, 0.1) is 5.92 Å². The summed E-state index contributed by atoms with van der Waals surface area (Å²) in [6.07, 6.45) is 2.00. The van der Waals surface area contributed by atoms with Crippen LogP contribution in [0.3, 0.4) is 0 Å². The number of carbonyl (C=O) groups is 1. The van der Waals surface area contributed by atoms with Crippen LogP contribution >= 0.6 is 0 Å². The molecule has 0 spiro atoms. The maximum atomic E-state index is 12.3.